The van der Waals surface area contributed by atoms with Crippen LogP contribution in [-0.2, 0) is 5.41 Å². The van der Waals surface area contributed by atoms with Crippen LogP contribution in [0.1, 0.15) is 33.3 Å². The largest absolute Gasteiger partial charge is 0.361 e. The number of rotatable bonds is 2. The first-order chi connectivity index (χ1) is 7.03. The number of H-pyrrole nitrogens is 1. The molecule has 0 radical (unpaired) electrons. The average Bonchev–Trinajstić information content (AvgIpc) is 2.61. The first-order valence-corrected chi connectivity index (χ1v) is 5.60. The normalized spacial score (nSPS) is 12.6. The van der Waals surface area contributed by atoms with Gasteiger partial charge in [0.2, 0.25) is 0 Å². The van der Waals surface area contributed by atoms with E-state index in [4.69, 9.17) is 0 Å². The first-order valence-electron chi connectivity index (χ1n) is 5.60. The van der Waals surface area contributed by atoms with E-state index < -0.39 is 0 Å². The predicted octanol–water partition coefficient (Wildman–Crippen LogP) is 4.10. The lowest BCUT2D eigenvalue weighted by molar-refractivity contribution is 0.375. The van der Waals surface area contributed by atoms with Crippen molar-refractivity contribution in [1.29, 1.82) is 0 Å². The monoisotopic (exact) mass is 201 g/mol. The number of fused-ring (bicyclic) bond motifs is 1. The van der Waals surface area contributed by atoms with Gasteiger partial charge in [0, 0.05) is 17.1 Å². The Hall–Kier alpha value is -1.24. The number of aromatic nitrogens is 1. The third kappa shape index (κ3) is 1.56. The molecule has 0 amide bonds. The van der Waals surface area contributed by atoms with Gasteiger partial charge in [-0.05, 0) is 23.0 Å². The van der Waals surface area contributed by atoms with Gasteiger partial charge >= 0.3 is 0 Å². The summed E-state index contributed by atoms with van der Waals surface area (Å²) in [5, 5.41) is 1.36. The first kappa shape index (κ1) is 10.3. The number of benzene rings is 1. The van der Waals surface area contributed by atoms with Crippen LogP contribution in [0.2, 0.25) is 0 Å². The van der Waals surface area contributed by atoms with Crippen molar-refractivity contribution >= 4 is 10.9 Å². The topological polar surface area (TPSA) is 15.8 Å². The van der Waals surface area contributed by atoms with E-state index in [0.717, 1.165) is 0 Å². The SMILES string of the molecule is CC(C)C(C)(C)c1c[nH]c2ccccc12. The molecule has 0 atom stereocenters. The predicted molar refractivity (Wildman–Crippen MR) is 66.2 cm³/mol. The van der Waals surface area contributed by atoms with E-state index in [1.54, 1.807) is 0 Å². The van der Waals surface area contributed by atoms with Gasteiger partial charge < -0.3 is 4.98 Å². The highest BCUT2D eigenvalue weighted by Crippen LogP contribution is 2.35. The van der Waals surface area contributed by atoms with Gasteiger partial charge in [0.15, 0.2) is 0 Å². The Kier molecular flexibility index (Phi) is 2.34. The van der Waals surface area contributed by atoms with E-state index in [2.05, 4.69) is 63.1 Å². The lowest BCUT2D eigenvalue weighted by atomic mass is 9.75. The molecule has 15 heavy (non-hydrogen) atoms. The molecule has 1 heteroatoms. The van der Waals surface area contributed by atoms with Gasteiger partial charge in [-0.3, -0.25) is 0 Å². The Bertz CT molecular complexity index is 463. The molecule has 2 aromatic rings. The molecule has 0 saturated carbocycles. The molecule has 0 saturated heterocycles. The Morgan fingerprint density at radius 2 is 1.80 bits per heavy atom. The fourth-order valence-electron chi connectivity index (χ4n) is 1.92. The van der Waals surface area contributed by atoms with Gasteiger partial charge in [-0.2, -0.15) is 0 Å². The minimum Gasteiger partial charge on any atom is -0.361 e. The summed E-state index contributed by atoms with van der Waals surface area (Å²) in [5.74, 6) is 0.636. The quantitative estimate of drug-likeness (QED) is 0.753. The summed E-state index contributed by atoms with van der Waals surface area (Å²) in [6.07, 6.45) is 2.16. The lowest BCUT2D eigenvalue weighted by Crippen LogP contribution is -2.23. The van der Waals surface area contributed by atoms with Crippen molar-refractivity contribution < 1.29 is 0 Å². The summed E-state index contributed by atoms with van der Waals surface area (Å²) in [4.78, 5) is 3.35. The van der Waals surface area contributed by atoms with E-state index in [9.17, 15) is 0 Å². The van der Waals surface area contributed by atoms with Crippen molar-refractivity contribution in [1.82, 2.24) is 4.98 Å². The highest BCUT2D eigenvalue weighted by atomic mass is 14.7. The molecule has 0 spiro atoms. The van der Waals surface area contributed by atoms with Crippen molar-refractivity contribution in [3.05, 3.63) is 36.0 Å². The average molecular weight is 201 g/mol. The summed E-state index contributed by atoms with van der Waals surface area (Å²) in [5.41, 5.74) is 2.88. The second kappa shape index (κ2) is 3.41. The maximum atomic E-state index is 3.35. The Morgan fingerprint density at radius 1 is 1.13 bits per heavy atom. The zero-order valence-electron chi connectivity index (χ0n) is 9.96. The van der Waals surface area contributed by atoms with Crippen LogP contribution >= 0.6 is 0 Å². The minimum absolute atomic E-state index is 0.222. The molecule has 1 N–H and O–H groups in total. The molecule has 80 valence electrons. The summed E-state index contributed by atoms with van der Waals surface area (Å²) in [6.45, 7) is 9.18. The molecule has 1 nitrogen and oxygen atoms in total. The zero-order chi connectivity index (χ0) is 11.1. The van der Waals surface area contributed by atoms with Crippen molar-refractivity contribution in [3.63, 3.8) is 0 Å². The molecule has 0 fully saturated rings. The van der Waals surface area contributed by atoms with Crippen LogP contribution in [0.15, 0.2) is 30.5 Å². The Labute approximate surface area is 91.5 Å². The van der Waals surface area contributed by atoms with E-state index in [-0.39, 0.29) is 5.41 Å². The molecule has 0 aliphatic carbocycles. The van der Waals surface area contributed by atoms with Gasteiger partial charge in [-0.15, -0.1) is 0 Å². The standard InChI is InChI=1S/C14H19N/c1-10(2)14(3,4)12-9-15-13-8-6-5-7-11(12)13/h5-10,15H,1-4H3. The number of hydrogen-bond acceptors (Lipinski definition) is 0. The summed E-state index contributed by atoms with van der Waals surface area (Å²) in [6, 6.07) is 8.52. The van der Waals surface area contributed by atoms with E-state index in [0.29, 0.717) is 5.92 Å². The molecule has 0 aliphatic rings. The Morgan fingerprint density at radius 3 is 2.47 bits per heavy atom. The molecular formula is C14H19N. The minimum atomic E-state index is 0.222. The molecular weight excluding hydrogens is 182 g/mol. The summed E-state index contributed by atoms with van der Waals surface area (Å²) in [7, 11) is 0. The molecule has 1 heterocycles. The number of aromatic amines is 1. The van der Waals surface area contributed by atoms with Crippen LogP contribution in [0.4, 0.5) is 0 Å². The van der Waals surface area contributed by atoms with Crippen molar-refractivity contribution in [2.75, 3.05) is 0 Å². The Balaban J connectivity index is 2.62. The number of hydrogen-bond donors (Lipinski definition) is 1. The van der Waals surface area contributed by atoms with Crippen LogP contribution in [0, 0.1) is 5.92 Å². The van der Waals surface area contributed by atoms with Crippen molar-refractivity contribution in [2.24, 2.45) is 5.92 Å². The van der Waals surface area contributed by atoms with Gasteiger partial charge in [0.1, 0.15) is 0 Å². The van der Waals surface area contributed by atoms with Gasteiger partial charge in [0.05, 0.1) is 0 Å². The van der Waals surface area contributed by atoms with E-state index >= 15 is 0 Å². The molecule has 1 aromatic heterocycles. The van der Waals surface area contributed by atoms with Crippen LogP contribution in [0.5, 0.6) is 0 Å². The highest BCUT2D eigenvalue weighted by molar-refractivity contribution is 5.84. The highest BCUT2D eigenvalue weighted by Gasteiger charge is 2.27. The summed E-state index contributed by atoms with van der Waals surface area (Å²) < 4.78 is 0. The molecule has 0 unspecified atom stereocenters. The van der Waals surface area contributed by atoms with Crippen LogP contribution in [-0.4, -0.2) is 4.98 Å². The van der Waals surface area contributed by atoms with Crippen LogP contribution in [0.3, 0.4) is 0 Å². The third-order valence-corrected chi connectivity index (χ3v) is 3.73. The smallest absolute Gasteiger partial charge is 0.0457 e. The second-order valence-corrected chi connectivity index (χ2v) is 5.12. The maximum absolute atomic E-state index is 3.35. The van der Waals surface area contributed by atoms with Crippen LogP contribution in [0.25, 0.3) is 10.9 Å². The molecule has 1 aromatic carbocycles. The number of nitrogens with one attached hydrogen (secondary N) is 1. The maximum Gasteiger partial charge on any atom is 0.0457 e. The van der Waals surface area contributed by atoms with Gasteiger partial charge in [0.25, 0.3) is 0 Å². The van der Waals surface area contributed by atoms with Crippen molar-refractivity contribution in [2.45, 2.75) is 33.1 Å². The fraction of sp³-hybridized carbons (Fsp3) is 0.429. The lowest BCUT2D eigenvalue weighted by Gasteiger charge is -2.29. The van der Waals surface area contributed by atoms with Gasteiger partial charge in [-0.25, -0.2) is 0 Å². The molecule has 2 rings (SSSR count). The van der Waals surface area contributed by atoms with Crippen molar-refractivity contribution in [3.8, 4) is 0 Å². The van der Waals surface area contributed by atoms with Gasteiger partial charge in [-0.1, -0.05) is 45.9 Å². The number of para-hydroxylation sites is 1. The molecule has 0 aliphatic heterocycles. The second-order valence-electron chi connectivity index (χ2n) is 5.12. The third-order valence-electron chi connectivity index (χ3n) is 3.73. The van der Waals surface area contributed by atoms with E-state index in [1.807, 2.05) is 0 Å². The molecule has 0 bridgehead atoms. The van der Waals surface area contributed by atoms with E-state index in [1.165, 1.54) is 16.5 Å². The fourth-order valence-corrected chi connectivity index (χ4v) is 1.92. The zero-order valence-corrected chi connectivity index (χ0v) is 9.96. The summed E-state index contributed by atoms with van der Waals surface area (Å²) >= 11 is 0. The van der Waals surface area contributed by atoms with Crippen LogP contribution < -0.4 is 0 Å².